The Bertz CT molecular complexity index is 1530. The molecule has 11 heteroatoms. The number of unbranched alkanes of at least 4 members (excludes halogenated alkanes) is 35. The number of carbonyl (C=O) groups excluding carboxylic acids is 2. The van der Waals surface area contributed by atoms with E-state index in [1.165, 1.54) is 186 Å². The van der Waals surface area contributed by atoms with Crippen LogP contribution < -0.4 is 5.32 Å². The number of carbonyl (C=O) groups is 2. The molecular weight excluding hydrogens is 1000 g/mol. The lowest BCUT2D eigenvalue weighted by Crippen LogP contribution is -2.61. The molecule has 0 aliphatic carbocycles. The van der Waals surface area contributed by atoms with Crippen molar-refractivity contribution in [3.63, 3.8) is 0 Å². The van der Waals surface area contributed by atoms with E-state index in [0.29, 0.717) is 12.8 Å². The van der Waals surface area contributed by atoms with E-state index in [9.17, 15) is 35.1 Å². The number of rotatable bonds is 57. The van der Waals surface area contributed by atoms with Crippen molar-refractivity contribution in [2.75, 3.05) is 13.2 Å². The number of hydrogen-bond acceptors (Lipinski definition) is 10. The topological polar surface area (TPSA) is 175 Å². The number of esters is 1. The van der Waals surface area contributed by atoms with E-state index in [0.717, 1.165) is 70.6 Å². The molecule has 0 radical (unpaired) electrons. The molecule has 0 aromatic rings. The van der Waals surface area contributed by atoms with Crippen LogP contribution in [-0.4, -0.2) is 99.6 Å². The van der Waals surface area contributed by atoms with Gasteiger partial charge in [-0.2, -0.15) is 0 Å². The third-order valence-electron chi connectivity index (χ3n) is 15.6. The summed E-state index contributed by atoms with van der Waals surface area (Å²) in [5, 5.41) is 57.0. The summed E-state index contributed by atoms with van der Waals surface area (Å²) in [5.74, 6) is -1.21. The monoisotopic (exact) mass is 1130 g/mol. The number of nitrogens with one attached hydrogen (secondary N) is 1. The minimum Gasteiger partial charge on any atom is -0.454 e. The molecule has 0 aromatic heterocycles. The Morgan fingerprint density at radius 2 is 0.863 bits per heavy atom. The van der Waals surface area contributed by atoms with Crippen molar-refractivity contribution in [2.24, 2.45) is 0 Å². The minimum atomic E-state index is -1.62. The van der Waals surface area contributed by atoms with Crippen molar-refractivity contribution in [3.8, 4) is 0 Å². The van der Waals surface area contributed by atoms with Gasteiger partial charge in [0.2, 0.25) is 5.91 Å². The van der Waals surface area contributed by atoms with E-state index < -0.39 is 67.4 Å². The molecule has 466 valence electrons. The summed E-state index contributed by atoms with van der Waals surface area (Å²) in [4.78, 5) is 26.6. The normalized spacial score (nSPS) is 19.1. The molecule has 1 amide bonds. The average molecular weight is 1130 g/mol. The lowest BCUT2D eigenvalue weighted by atomic mass is 9.99. The Morgan fingerprint density at radius 1 is 0.487 bits per heavy atom. The van der Waals surface area contributed by atoms with Gasteiger partial charge in [0.15, 0.2) is 12.4 Å². The Labute approximate surface area is 490 Å². The standard InChI is InChI=1S/C69H125NO10/c1-4-7-10-13-16-19-22-24-25-26-27-28-29-30-31-32-33-34-35-36-37-39-42-45-48-51-54-57-64(74)80-67-66(76)65(75)63(58-71)79-69(67)78-59-60(61(72)55-52-49-46-43-40-21-18-15-12-9-6-3)70-68(77)62(73)56-53-50-47-44-41-38-23-20-17-14-11-8-5-2/h16,19,24-25,27-28,41,44,52,55,60-63,65-67,69,71-73,75-76H,4-15,17-18,20-23,26,29-40,42-43,45-51,53-54,56-59H2,1-3H3,(H,70,77)/b19-16-,25-24-,28-27-,44-41-,55-52+. The number of aliphatic hydroxyl groups excluding tert-OH is 5. The molecule has 1 fully saturated rings. The molecule has 8 atom stereocenters. The summed E-state index contributed by atoms with van der Waals surface area (Å²) in [6, 6.07) is -1.03. The van der Waals surface area contributed by atoms with E-state index in [1.54, 1.807) is 6.08 Å². The molecule has 0 aromatic carbocycles. The summed E-state index contributed by atoms with van der Waals surface area (Å²) in [6.45, 7) is 5.75. The van der Waals surface area contributed by atoms with Gasteiger partial charge in [0, 0.05) is 6.42 Å². The molecule has 1 aliphatic heterocycles. The van der Waals surface area contributed by atoms with Gasteiger partial charge in [0.1, 0.15) is 24.4 Å². The van der Waals surface area contributed by atoms with Gasteiger partial charge in [-0.1, -0.05) is 268 Å². The molecule has 0 bridgehead atoms. The van der Waals surface area contributed by atoms with Gasteiger partial charge in [-0.15, -0.1) is 0 Å². The lowest BCUT2D eigenvalue weighted by Gasteiger charge is -2.41. The first kappa shape index (κ1) is 75.4. The van der Waals surface area contributed by atoms with Crippen LogP contribution in [0.4, 0.5) is 0 Å². The molecule has 1 aliphatic rings. The fourth-order valence-electron chi connectivity index (χ4n) is 10.3. The van der Waals surface area contributed by atoms with Gasteiger partial charge in [0.25, 0.3) is 0 Å². The smallest absolute Gasteiger partial charge is 0.306 e. The van der Waals surface area contributed by atoms with Crippen LogP contribution in [0.2, 0.25) is 0 Å². The van der Waals surface area contributed by atoms with Crippen LogP contribution in [0.5, 0.6) is 0 Å². The zero-order chi connectivity index (χ0) is 58.2. The first-order chi connectivity index (χ1) is 39.2. The summed E-state index contributed by atoms with van der Waals surface area (Å²) in [7, 11) is 0. The number of ether oxygens (including phenoxy) is 3. The largest absolute Gasteiger partial charge is 0.454 e. The third-order valence-corrected chi connectivity index (χ3v) is 15.6. The summed E-state index contributed by atoms with van der Waals surface area (Å²) >= 11 is 0. The van der Waals surface area contributed by atoms with Gasteiger partial charge in [-0.25, -0.2) is 0 Å². The van der Waals surface area contributed by atoms with E-state index >= 15 is 0 Å². The second-order valence-electron chi connectivity index (χ2n) is 23.2. The van der Waals surface area contributed by atoms with E-state index in [2.05, 4.69) is 74.7 Å². The predicted molar refractivity (Wildman–Crippen MR) is 333 cm³/mol. The summed E-state index contributed by atoms with van der Waals surface area (Å²) < 4.78 is 17.6. The zero-order valence-corrected chi connectivity index (χ0v) is 51.7. The molecule has 1 rings (SSSR count). The highest BCUT2D eigenvalue weighted by molar-refractivity contribution is 5.80. The van der Waals surface area contributed by atoms with Crippen LogP contribution in [-0.2, 0) is 23.8 Å². The van der Waals surface area contributed by atoms with Crippen LogP contribution in [0.3, 0.4) is 0 Å². The highest BCUT2D eigenvalue weighted by Crippen LogP contribution is 2.26. The zero-order valence-electron chi connectivity index (χ0n) is 51.7. The molecule has 1 saturated heterocycles. The first-order valence-electron chi connectivity index (χ1n) is 33.6. The van der Waals surface area contributed by atoms with E-state index in [4.69, 9.17) is 14.2 Å². The minimum absolute atomic E-state index is 0.121. The fraction of sp³-hybridized carbons (Fsp3) is 0.826. The van der Waals surface area contributed by atoms with Gasteiger partial charge in [-0.3, -0.25) is 9.59 Å². The van der Waals surface area contributed by atoms with E-state index in [-0.39, 0.29) is 19.4 Å². The van der Waals surface area contributed by atoms with Crippen LogP contribution in [0, 0.1) is 0 Å². The van der Waals surface area contributed by atoms with Crippen LogP contribution in [0.1, 0.15) is 303 Å². The number of hydrogen-bond donors (Lipinski definition) is 6. The number of amides is 1. The van der Waals surface area contributed by atoms with Crippen molar-refractivity contribution < 1.29 is 49.3 Å². The molecule has 6 N–H and O–H groups in total. The Kier molecular flexibility index (Phi) is 53.5. The van der Waals surface area contributed by atoms with Crippen molar-refractivity contribution in [3.05, 3.63) is 60.8 Å². The van der Waals surface area contributed by atoms with Crippen LogP contribution in [0.15, 0.2) is 60.8 Å². The summed E-state index contributed by atoms with van der Waals surface area (Å²) in [6.07, 6.45) is 61.3. The maximum atomic E-state index is 13.4. The van der Waals surface area contributed by atoms with Crippen LogP contribution in [0.25, 0.3) is 0 Å². The molecular formula is C69H125NO10. The van der Waals surface area contributed by atoms with Gasteiger partial charge >= 0.3 is 5.97 Å². The molecule has 0 saturated carbocycles. The lowest BCUT2D eigenvalue weighted by molar-refractivity contribution is -0.305. The quantitative estimate of drug-likeness (QED) is 0.0195. The van der Waals surface area contributed by atoms with E-state index in [1.807, 2.05) is 6.08 Å². The molecule has 80 heavy (non-hydrogen) atoms. The predicted octanol–water partition coefficient (Wildman–Crippen LogP) is 16.6. The van der Waals surface area contributed by atoms with Crippen molar-refractivity contribution >= 4 is 11.9 Å². The van der Waals surface area contributed by atoms with Crippen molar-refractivity contribution in [1.82, 2.24) is 5.32 Å². The molecule has 8 unspecified atom stereocenters. The highest BCUT2D eigenvalue weighted by Gasteiger charge is 2.47. The molecule has 1 heterocycles. The first-order valence-corrected chi connectivity index (χ1v) is 33.6. The van der Waals surface area contributed by atoms with Crippen molar-refractivity contribution in [2.45, 2.75) is 352 Å². The van der Waals surface area contributed by atoms with Gasteiger partial charge in [0.05, 0.1) is 25.4 Å². The Morgan fingerprint density at radius 3 is 1.32 bits per heavy atom. The maximum absolute atomic E-state index is 13.4. The Hall–Kier alpha value is -2.64. The summed E-state index contributed by atoms with van der Waals surface area (Å²) in [5.41, 5.74) is 0. The maximum Gasteiger partial charge on any atom is 0.306 e. The second-order valence-corrected chi connectivity index (χ2v) is 23.2. The van der Waals surface area contributed by atoms with Gasteiger partial charge < -0.3 is 45.1 Å². The van der Waals surface area contributed by atoms with Gasteiger partial charge in [-0.05, 0) is 89.9 Å². The molecule has 0 spiro atoms. The molecule has 11 nitrogen and oxygen atoms in total. The third kappa shape index (κ3) is 44.0. The van der Waals surface area contributed by atoms with Crippen molar-refractivity contribution in [1.29, 1.82) is 0 Å². The van der Waals surface area contributed by atoms with Crippen LogP contribution >= 0.6 is 0 Å². The second kappa shape index (κ2) is 56.8. The SMILES string of the molecule is CCCCC/C=C\C/C=C\C/C=C\CCCCCCCCCCCCCCCCC(=O)OC1C(OCC(NC(=O)C(O)CCCC/C=C\CCCCCCCCC)C(O)/C=C/CCCCCCCCCCC)OC(CO)C(O)C1O. The Balaban J connectivity index is 2.54. The number of aliphatic hydroxyl groups is 5. The number of allylic oxidation sites excluding steroid dienone is 9. The average Bonchev–Trinajstić information content (AvgIpc) is 3.46. The highest BCUT2D eigenvalue weighted by atomic mass is 16.7. The fourth-order valence-corrected chi connectivity index (χ4v) is 10.3.